The number of amides is 2. The number of H-pyrrole nitrogens is 1. The number of thiol groups is 1. The molecule has 2 rings (SSSR count). The number of carbonyl (C=O) groups is 3. The highest BCUT2D eigenvalue weighted by Crippen LogP contribution is 2.13. The smallest absolute Gasteiger partial charge is 0.326 e. The summed E-state index contributed by atoms with van der Waals surface area (Å²) in [6.07, 6.45) is 2.54. The minimum atomic E-state index is -3.80. The molecule has 0 bridgehead atoms. The zero-order valence-corrected chi connectivity index (χ0v) is 20.2. The van der Waals surface area contributed by atoms with Gasteiger partial charge in [-0.05, 0) is 24.1 Å². The summed E-state index contributed by atoms with van der Waals surface area (Å²) >= 11 is 4.15. The van der Waals surface area contributed by atoms with Crippen LogP contribution in [0.25, 0.3) is 0 Å². The number of aromatic nitrogens is 2. The molecule has 0 unspecified atom stereocenters. The largest absolute Gasteiger partial charge is 0.508 e. The first-order chi connectivity index (χ1) is 16.4. The lowest BCUT2D eigenvalue weighted by Crippen LogP contribution is -2.55. The van der Waals surface area contributed by atoms with Gasteiger partial charge in [-0.25, -0.2) is 23.3 Å². The van der Waals surface area contributed by atoms with Gasteiger partial charge in [-0.15, -0.1) is 0 Å². The summed E-state index contributed by atoms with van der Waals surface area (Å²) in [6.45, 7) is 0. The summed E-state index contributed by atoms with van der Waals surface area (Å²) in [5.74, 6) is -3.28. The van der Waals surface area contributed by atoms with Crippen LogP contribution in [-0.2, 0) is 37.2 Å². The van der Waals surface area contributed by atoms with Crippen molar-refractivity contribution in [3.8, 4) is 5.75 Å². The van der Waals surface area contributed by atoms with Gasteiger partial charge in [0.15, 0.2) is 0 Å². The highest BCUT2D eigenvalue weighted by Gasteiger charge is 2.30. The van der Waals surface area contributed by atoms with Crippen LogP contribution in [0.4, 0.5) is 0 Å². The Morgan fingerprint density at radius 2 is 1.71 bits per heavy atom. The first kappa shape index (κ1) is 28.1. The number of aromatic amines is 1. The molecule has 0 aliphatic carbocycles. The van der Waals surface area contributed by atoms with Crippen LogP contribution in [0.3, 0.4) is 0 Å². The van der Waals surface area contributed by atoms with Crippen molar-refractivity contribution >= 4 is 40.4 Å². The predicted octanol–water partition coefficient (Wildman–Crippen LogP) is -1.74. The van der Waals surface area contributed by atoms with E-state index in [0.717, 1.165) is 0 Å². The third-order valence-corrected chi connectivity index (χ3v) is 6.43. The number of sulfonamides is 1. The van der Waals surface area contributed by atoms with Gasteiger partial charge in [0.2, 0.25) is 21.8 Å². The number of hydrogen-bond donors (Lipinski definition) is 8. The van der Waals surface area contributed by atoms with Gasteiger partial charge in [0, 0.05) is 30.8 Å². The molecule has 0 fully saturated rings. The number of primary sulfonamides is 1. The highest BCUT2D eigenvalue weighted by atomic mass is 32.2. The first-order valence-electron chi connectivity index (χ1n) is 10.4. The van der Waals surface area contributed by atoms with Crippen LogP contribution in [-0.4, -0.2) is 75.5 Å². The molecule has 1 heterocycles. The average Bonchev–Trinajstić information content (AvgIpc) is 3.30. The monoisotopic (exact) mass is 528 g/mol. The number of phenols is 1. The van der Waals surface area contributed by atoms with Crippen molar-refractivity contribution in [1.82, 2.24) is 20.6 Å². The lowest BCUT2D eigenvalue weighted by Gasteiger charge is -2.24. The summed E-state index contributed by atoms with van der Waals surface area (Å²) in [7, 11) is -3.80. The molecular weight excluding hydrogens is 500 g/mol. The van der Waals surface area contributed by atoms with E-state index in [1.807, 2.05) is 0 Å². The van der Waals surface area contributed by atoms with Gasteiger partial charge in [0.1, 0.15) is 17.8 Å². The van der Waals surface area contributed by atoms with Gasteiger partial charge < -0.3 is 31.6 Å². The number of aromatic hydroxyl groups is 1. The van der Waals surface area contributed by atoms with Crippen molar-refractivity contribution in [2.45, 2.75) is 42.6 Å². The molecular formula is C20H28N6O7S2. The first-order valence-corrected chi connectivity index (χ1v) is 12.6. The molecule has 4 atom stereocenters. The maximum Gasteiger partial charge on any atom is 0.326 e. The number of imidazole rings is 1. The number of nitrogens with zero attached hydrogens (tertiary/aromatic N) is 1. The van der Waals surface area contributed by atoms with E-state index in [0.29, 0.717) is 11.3 Å². The Balaban J connectivity index is 2.16. The van der Waals surface area contributed by atoms with E-state index in [-0.39, 0.29) is 25.0 Å². The van der Waals surface area contributed by atoms with Crippen LogP contribution >= 0.6 is 12.6 Å². The number of carboxylic acids is 1. The lowest BCUT2D eigenvalue weighted by atomic mass is 10.0. The average molecular weight is 529 g/mol. The molecule has 0 saturated heterocycles. The quantitative estimate of drug-likeness (QED) is 0.138. The van der Waals surface area contributed by atoms with E-state index in [1.54, 1.807) is 0 Å². The van der Waals surface area contributed by atoms with Crippen molar-refractivity contribution in [1.29, 1.82) is 0 Å². The van der Waals surface area contributed by atoms with Gasteiger partial charge in [-0.1, -0.05) is 12.1 Å². The third-order valence-electron chi connectivity index (χ3n) is 5.01. The number of carbonyl (C=O) groups excluding carboxylic acids is 2. The van der Waals surface area contributed by atoms with E-state index in [4.69, 9.17) is 10.9 Å². The molecule has 35 heavy (non-hydrogen) atoms. The molecule has 1 aromatic carbocycles. The maximum absolute atomic E-state index is 13.0. The van der Waals surface area contributed by atoms with Gasteiger partial charge >= 0.3 is 5.97 Å². The molecule has 0 spiro atoms. The molecule has 2 aromatic rings. The van der Waals surface area contributed by atoms with Crippen LogP contribution in [0.2, 0.25) is 0 Å². The third kappa shape index (κ3) is 9.56. The number of hydrogen-bond acceptors (Lipinski definition) is 9. The Hall–Kier alpha value is -3.14. The molecule has 2 amide bonds. The minimum Gasteiger partial charge on any atom is -0.508 e. The molecule has 0 saturated carbocycles. The Bertz CT molecular complexity index is 1110. The SMILES string of the molecule is N[C@@H](CCS(N)(=O)=O)[C@@H](S)C(=O)N[C@@H](Cc1ccc(O)cc1)C(=O)N[C@@H](Cc1cnc[nH]1)C(=O)O. The molecule has 0 radical (unpaired) electrons. The van der Waals surface area contributed by atoms with Gasteiger partial charge in [0.25, 0.3) is 0 Å². The van der Waals surface area contributed by atoms with Crippen molar-refractivity contribution in [3.63, 3.8) is 0 Å². The Morgan fingerprint density at radius 1 is 1.09 bits per heavy atom. The fourth-order valence-electron chi connectivity index (χ4n) is 3.08. The molecule has 192 valence electrons. The standard InChI is InChI=1S/C20H28N6O7S2/c21-14(5-6-35(22,32)33)17(34)19(29)25-15(7-11-1-3-13(27)4-2-11)18(28)26-16(20(30)31)8-12-9-23-10-24-12/h1-4,9-10,14-17,27,34H,5-8,21H2,(H,23,24)(H,25,29)(H,26,28)(H,30,31)(H2,22,32,33)/t14-,15-,16-,17+/m0/s1. The Kier molecular flexibility index (Phi) is 10.1. The Labute approximate surface area is 207 Å². The number of rotatable bonds is 13. The van der Waals surface area contributed by atoms with E-state index >= 15 is 0 Å². The second-order valence-corrected chi connectivity index (χ2v) is 10.2. The van der Waals surface area contributed by atoms with E-state index in [9.17, 15) is 33.0 Å². The molecule has 9 N–H and O–H groups in total. The molecule has 13 nitrogen and oxygen atoms in total. The van der Waals surface area contributed by atoms with Crippen LogP contribution in [0.5, 0.6) is 5.75 Å². The molecule has 1 aromatic heterocycles. The maximum atomic E-state index is 13.0. The number of carboxylic acid groups (broad SMARTS) is 1. The van der Waals surface area contributed by atoms with E-state index in [1.165, 1.54) is 36.8 Å². The second-order valence-electron chi connectivity index (χ2n) is 7.88. The van der Waals surface area contributed by atoms with Gasteiger partial charge in [-0.3, -0.25) is 9.59 Å². The van der Waals surface area contributed by atoms with Gasteiger partial charge in [0.05, 0.1) is 17.3 Å². The topological polar surface area (TPSA) is 231 Å². The zero-order valence-electron chi connectivity index (χ0n) is 18.5. The number of nitrogens with one attached hydrogen (secondary N) is 3. The summed E-state index contributed by atoms with van der Waals surface area (Å²) < 4.78 is 22.3. The minimum absolute atomic E-state index is 0.000498. The predicted molar refractivity (Wildman–Crippen MR) is 129 cm³/mol. The fraction of sp³-hybridized carbons (Fsp3) is 0.400. The second kappa shape index (κ2) is 12.5. The number of benzene rings is 1. The van der Waals surface area contributed by atoms with Crippen molar-refractivity contribution in [2.24, 2.45) is 10.9 Å². The van der Waals surface area contributed by atoms with Crippen LogP contribution in [0, 0.1) is 0 Å². The molecule has 15 heteroatoms. The van der Waals surface area contributed by atoms with Crippen molar-refractivity contribution in [2.75, 3.05) is 5.75 Å². The van der Waals surface area contributed by atoms with Crippen molar-refractivity contribution in [3.05, 3.63) is 48.0 Å². The summed E-state index contributed by atoms with van der Waals surface area (Å²) in [4.78, 5) is 44.0. The van der Waals surface area contributed by atoms with Crippen molar-refractivity contribution < 1.29 is 33.0 Å². The van der Waals surface area contributed by atoms with Crippen LogP contribution < -0.4 is 21.5 Å². The Morgan fingerprint density at radius 3 is 2.26 bits per heavy atom. The van der Waals surface area contributed by atoms with Crippen LogP contribution in [0.1, 0.15) is 17.7 Å². The van der Waals surface area contributed by atoms with Crippen LogP contribution in [0.15, 0.2) is 36.8 Å². The zero-order chi connectivity index (χ0) is 26.2. The number of aliphatic carboxylic acids is 1. The molecule has 0 aliphatic rings. The summed E-state index contributed by atoms with van der Waals surface area (Å²) in [6, 6.07) is 2.35. The lowest BCUT2D eigenvalue weighted by molar-refractivity contribution is -0.142. The highest BCUT2D eigenvalue weighted by molar-refractivity contribution is 7.89. The molecule has 0 aliphatic heterocycles. The fourth-order valence-corrected chi connectivity index (χ4v) is 3.90. The van der Waals surface area contributed by atoms with E-state index < -0.39 is 56.9 Å². The summed E-state index contributed by atoms with van der Waals surface area (Å²) in [5.41, 5.74) is 6.92. The van der Waals surface area contributed by atoms with E-state index in [2.05, 4.69) is 33.2 Å². The number of nitrogens with two attached hydrogens (primary N) is 2. The normalized spacial score (nSPS) is 14.9. The summed E-state index contributed by atoms with van der Waals surface area (Å²) in [5, 5.41) is 27.7. The van der Waals surface area contributed by atoms with Gasteiger partial charge in [-0.2, -0.15) is 12.6 Å². The number of phenolic OH excluding ortho intramolecular Hbond substituents is 1.